The summed E-state index contributed by atoms with van der Waals surface area (Å²) in [6, 6.07) is 4.95. The van der Waals surface area contributed by atoms with Crippen LogP contribution in [0.2, 0.25) is 0 Å². The molecule has 1 fully saturated rings. The molecule has 1 saturated heterocycles. The zero-order valence-corrected chi connectivity index (χ0v) is 13.4. The molecule has 1 amide bonds. The Bertz CT molecular complexity index is 646. The molecule has 0 saturated carbocycles. The van der Waals surface area contributed by atoms with Gasteiger partial charge in [-0.1, -0.05) is 13.0 Å². The lowest BCUT2D eigenvalue weighted by atomic mass is 10.1. The van der Waals surface area contributed by atoms with Crippen molar-refractivity contribution in [2.75, 3.05) is 34.4 Å². The molecule has 1 unspecified atom stereocenters. The van der Waals surface area contributed by atoms with Crippen molar-refractivity contribution in [1.82, 2.24) is 0 Å². The van der Waals surface area contributed by atoms with Crippen LogP contribution in [0.15, 0.2) is 18.2 Å². The number of carbonyl (C=O) groups is 1. The lowest BCUT2D eigenvalue weighted by Gasteiger charge is -2.37. The molecular weight excluding hydrogens is 310 g/mol. The lowest BCUT2D eigenvalue weighted by molar-refractivity contribution is 0.100. The number of carbonyl (C=O) groups excluding carboxylic acids is 1. The normalized spacial score (nSPS) is 19.5. The van der Waals surface area contributed by atoms with Gasteiger partial charge in [0.15, 0.2) is 9.84 Å². The Morgan fingerprint density at radius 1 is 1.48 bits per heavy atom. The van der Waals surface area contributed by atoms with Crippen LogP contribution in [0.25, 0.3) is 0 Å². The second-order valence-electron chi connectivity index (χ2n) is 4.78. The summed E-state index contributed by atoms with van der Waals surface area (Å²) in [6.45, 7) is 2.21. The first-order valence-electron chi connectivity index (χ1n) is 6.62. The minimum absolute atomic E-state index is 0.0736. The first-order chi connectivity index (χ1) is 9.88. The topological polar surface area (TPSA) is 106 Å². The van der Waals surface area contributed by atoms with E-state index in [-0.39, 0.29) is 17.0 Å². The third-order valence-corrected chi connectivity index (χ3v) is 6.85. The van der Waals surface area contributed by atoms with Gasteiger partial charge in [-0.25, -0.2) is 8.42 Å². The summed E-state index contributed by atoms with van der Waals surface area (Å²) in [5.41, 5.74) is 12.3. The van der Waals surface area contributed by atoms with Crippen LogP contribution in [-0.2, 0) is 9.84 Å². The predicted molar refractivity (Wildman–Crippen MR) is 87.3 cm³/mol. The van der Waals surface area contributed by atoms with E-state index in [0.29, 0.717) is 18.0 Å². The molecule has 21 heavy (non-hydrogen) atoms. The van der Waals surface area contributed by atoms with Crippen LogP contribution in [0.4, 0.5) is 11.4 Å². The van der Waals surface area contributed by atoms with Gasteiger partial charge in [0.2, 0.25) is 0 Å². The van der Waals surface area contributed by atoms with E-state index in [1.165, 1.54) is 0 Å². The highest BCUT2D eigenvalue weighted by molar-refractivity contribution is 8.01. The van der Waals surface area contributed by atoms with Crippen molar-refractivity contribution in [1.29, 1.82) is 0 Å². The standard InChI is InChI=1S/C13H19N3O3S2/c1-2-21(18,19)11-8-20-7-6-16(11)10-5-3-4-9(12(10)14)13(15)17/h3-5,11H,2,6-8,14H2,1H3,(H2,15,17). The van der Waals surface area contributed by atoms with Crippen LogP contribution in [0.1, 0.15) is 17.3 Å². The van der Waals surface area contributed by atoms with Gasteiger partial charge in [0.05, 0.1) is 16.9 Å². The molecule has 0 spiro atoms. The number of hydrogen-bond acceptors (Lipinski definition) is 6. The van der Waals surface area contributed by atoms with Gasteiger partial charge in [-0.2, -0.15) is 11.8 Å². The maximum atomic E-state index is 12.3. The molecule has 1 aromatic carbocycles. The Labute approximate surface area is 128 Å². The van der Waals surface area contributed by atoms with E-state index >= 15 is 0 Å². The van der Waals surface area contributed by atoms with E-state index in [1.54, 1.807) is 41.8 Å². The number of anilines is 2. The monoisotopic (exact) mass is 329 g/mol. The maximum absolute atomic E-state index is 12.3. The van der Waals surface area contributed by atoms with Gasteiger partial charge in [-0.3, -0.25) is 4.79 Å². The summed E-state index contributed by atoms with van der Waals surface area (Å²) in [5, 5.41) is -0.619. The Kier molecular flexibility index (Phi) is 4.67. The number of thioether (sulfide) groups is 1. The summed E-state index contributed by atoms with van der Waals surface area (Å²) >= 11 is 1.61. The zero-order valence-electron chi connectivity index (χ0n) is 11.8. The SMILES string of the molecule is CCS(=O)(=O)C1CSCCN1c1cccc(C(N)=O)c1N. The third-order valence-electron chi connectivity index (χ3n) is 3.56. The number of nitrogens with two attached hydrogens (primary N) is 2. The van der Waals surface area contributed by atoms with Gasteiger partial charge in [-0.15, -0.1) is 0 Å². The Balaban J connectivity index is 2.48. The molecule has 1 aliphatic rings. The molecule has 1 aliphatic heterocycles. The van der Waals surface area contributed by atoms with E-state index in [0.717, 1.165) is 5.75 Å². The van der Waals surface area contributed by atoms with Gasteiger partial charge in [-0.05, 0) is 12.1 Å². The van der Waals surface area contributed by atoms with Gasteiger partial charge < -0.3 is 16.4 Å². The van der Waals surface area contributed by atoms with Crippen molar-refractivity contribution in [3.8, 4) is 0 Å². The second kappa shape index (κ2) is 6.15. The van der Waals surface area contributed by atoms with Crippen LogP contribution < -0.4 is 16.4 Å². The fraction of sp³-hybridized carbons (Fsp3) is 0.462. The van der Waals surface area contributed by atoms with Gasteiger partial charge in [0.1, 0.15) is 5.37 Å². The van der Waals surface area contributed by atoms with Crippen molar-refractivity contribution >= 4 is 38.9 Å². The molecule has 0 bridgehead atoms. The molecule has 4 N–H and O–H groups in total. The van der Waals surface area contributed by atoms with Crippen molar-refractivity contribution in [2.45, 2.75) is 12.3 Å². The molecule has 1 aromatic rings. The molecule has 2 rings (SSSR count). The maximum Gasteiger partial charge on any atom is 0.250 e. The number of benzene rings is 1. The van der Waals surface area contributed by atoms with Gasteiger partial charge >= 0.3 is 0 Å². The molecule has 0 aliphatic carbocycles. The van der Waals surface area contributed by atoms with Crippen LogP contribution in [0.3, 0.4) is 0 Å². The number of primary amides is 1. The van der Waals surface area contributed by atoms with Crippen LogP contribution >= 0.6 is 11.8 Å². The van der Waals surface area contributed by atoms with Crippen LogP contribution in [0, 0.1) is 0 Å². The van der Waals surface area contributed by atoms with Crippen molar-refractivity contribution in [2.24, 2.45) is 5.73 Å². The predicted octanol–water partition coefficient (Wildman–Crippen LogP) is 0.682. The summed E-state index contributed by atoms with van der Waals surface area (Å²) in [6.07, 6.45) is 0. The first-order valence-corrected chi connectivity index (χ1v) is 9.49. The summed E-state index contributed by atoms with van der Waals surface area (Å²) in [4.78, 5) is 13.2. The zero-order chi connectivity index (χ0) is 15.6. The fourth-order valence-electron chi connectivity index (χ4n) is 2.36. The highest BCUT2D eigenvalue weighted by atomic mass is 32.2. The molecule has 1 atom stereocenters. The Morgan fingerprint density at radius 3 is 2.81 bits per heavy atom. The summed E-state index contributed by atoms with van der Waals surface area (Å²) in [7, 11) is -3.24. The van der Waals surface area contributed by atoms with Crippen molar-refractivity contribution in [3.05, 3.63) is 23.8 Å². The molecule has 8 heteroatoms. The molecular formula is C13H19N3O3S2. The average Bonchev–Trinajstić information content (AvgIpc) is 2.47. The number of para-hydroxylation sites is 1. The van der Waals surface area contributed by atoms with E-state index in [9.17, 15) is 13.2 Å². The number of rotatable bonds is 4. The minimum atomic E-state index is -3.24. The summed E-state index contributed by atoms with van der Waals surface area (Å²) in [5.74, 6) is 0.770. The van der Waals surface area contributed by atoms with Crippen molar-refractivity contribution < 1.29 is 13.2 Å². The number of hydrogen-bond donors (Lipinski definition) is 2. The quantitative estimate of drug-likeness (QED) is 0.787. The largest absolute Gasteiger partial charge is 0.396 e. The van der Waals surface area contributed by atoms with Crippen LogP contribution in [-0.4, -0.2) is 43.5 Å². The summed E-state index contributed by atoms with van der Waals surface area (Å²) < 4.78 is 24.6. The first kappa shape index (κ1) is 16.0. The van der Waals surface area contributed by atoms with Gasteiger partial charge in [0.25, 0.3) is 5.91 Å². The van der Waals surface area contributed by atoms with E-state index < -0.39 is 21.1 Å². The molecule has 116 valence electrons. The van der Waals surface area contributed by atoms with E-state index in [4.69, 9.17) is 11.5 Å². The number of nitrogens with zero attached hydrogens (tertiary/aromatic N) is 1. The highest BCUT2D eigenvalue weighted by Gasteiger charge is 2.34. The smallest absolute Gasteiger partial charge is 0.250 e. The number of sulfone groups is 1. The molecule has 6 nitrogen and oxygen atoms in total. The molecule has 1 heterocycles. The molecule has 0 aromatic heterocycles. The second-order valence-corrected chi connectivity index (χ2v) is 8.37. The van der Waals surface area contributed by atoms with E-state index in [1.807, 2.05) is 0 Å². The van der Waals surface area contributed by atoms with Crippen LogP contribution in [0.5, 0.6) is 0 Å². The minimum Gasteiger partial charge on any atom is -0.396 e. The van der Waals surface area contributed by atoms with Gasteiger partial charge in [0, 0.05) is 23.8 Å². The van der Waals surface area contributed by atoms with E-state index in [2.05, 4.69) is 0 Å². The average molecular weight is 329 g/mol. The number of nitrogen functional groups attached to an aromatic ring is 1. The Morgan fingerprint density at radius 2 is 2.19 bits per heavy atom. The number of amides is 1. The molecule has 0 radical (unpaired) electrons. The highest BCUT2D eigenvalue weighted by Crippen LogP contribution is 2.33. The lowest BCUT2D eigenvalue weighted by Crippen LogP contribution is -2.48. The fourth-order valence-corrected chi connectivity index (χ4v) is 5.35. The van der Waals surface area contributed by atoms with Crippen molar-refractivity contribution in [3.63, 3.8) is 0 Å². The Hall–Kier alpha value is -1.41. The third kappa shape index (κ3) is 3.11.